The largest absolute Gasteiger partial charge is 0.494 e. The lowest BCUT2D eigenvalue weighted by atomic mass is 10.0. The minimum atomic E-state index is -0.571. The second-order valence-corrected chi connectivity index (χ2v) is 4.34. The molecule has 0 saturated heterocycles. The highest BCUT2D eigenvalue weighted by Crippen LogP contribution is 2.34. The average molecular weight is 265 g/mol. The fourth-order valence-corrected chi connectivity index (χ4v) is 1.85. The highest BCUT2D eigenvalue weighted by molar-refractivity contribution is 6.03. The number of esters is 1. The zero-order valence-electron chi connectivity index (χ0n) is 11.9. The Morgan fingerprint density at radius 3 is 2.32 bits per heavy atom. The molecular formula is C14H19NO4. The van der Waals surface area contributed by atoms with Crippen LogP contribution in [0.25, 0.3) is 0 Å². The molecule has 0 aliphatic heterocycles. The quantitative estimate of drug-likeness (QED) is 0.669. The number of hydrogen-bond acceptors (Lipinski definition) is 4. The predicted octanol–water partition coefficient (Wildman–Crippen LogP) is 2.12. The summed E-state index contributed by atoms with van der Waals surface area (Å²) >= 11 is 0. The number of benzene rings is 1. The molecule has 0 aliphatic rings. The Morgan fingerprint density at radius 2 is 1.79 bits per heavy atom. The number of amides is 1. The van der Waals surface area contributed by atoms with Crippen molar-refractivity contribution < 1.29 is 19.1 Å². The van der Waals surface area contributed by atoms with Crippen molar-refractivity contribution in [1.82, 2.24) is 0 Å². The molecule has 0 heterocycles. The summed E-state index contributed by atoms with van der Waals surface area (Å²) in [7, 11) is 2.80. The first-order valence-electron chi connectivity index (χ1n) is 5.92. The van der Waals surface area contributed by atoms with Crippen molar-refractivity contribution in [3.63, 3.8) is 0 Å². The first-order chi connectivity index (χ1) is 8.90. The lowest BCUT2D eigenvalue weighted by molar-refractivity contribution is -0.142. The third-order valence-corrected chi connectivity index (χ3v) is 2.99. The van der Waals surface area contributed by atoms with Gasteiger partial charge in [-0.25, -0.2) is 0 Å². The Kier molecular flexibility index (Phi) is 4.92. The minimum absolute atomic E-state index is 0.313. The van der Waals surface area contributed by atoms with Gasteiger partial charge in [-0.2, -0.15) is 0 Å². The van der Waals surface area contributed by atoms with Crippen LogP contribution in [0, 0.1) is 20.8 Å². The Morgan fingerprint density at radius 1 is 1.16 bits per heavy atom. The van der Waals surface area contributed by atoms with Crippen molar-refractivity contribution in [1.29, 1.82) is 0 Å². The Hall–Kier alpha value is -2.04. The third kappa shape index (κ3) is 3.47. The summed E-state index contributed by atoms with van der Waals surface area (Å²) in [6, 6.07) is 1.96. The summed E-state index contributed by atoms with van der Waals surface area (Å²) in [5, 5.41) is 2.70. The number of carbonyl (C=O) groups is 2. The second kappa shape index (κ2) is 6.22. The molecule has 0 saturated carbocycles. The van der Waals surface area contributed by atoms with Crippen molar-refractivity contribution in [3.8, 4) is 5.75 Å². The molecule has 0 atom stereocenters. The first-order valence-corrected chi connectivity index (χ1v) is 5.92. The van der Waals surface area contributed by atoms with E-state index in [9.17, 15) is 9.59 Å². The van der Waals surface area contributed by atoms with Gasteiger partial charge in [0.2, 0.25) is 5.91 Å². The normalized spacial score (nSPS) is 9.95. The number of ether oxygens (including phenoxy) is 2. The number of carbonyl (C=O) groups excluding carboxylic acids is 2. The van der Waals surface area contributed by atoms with Gasteiger partial charge < -0.3 is 14.8 Å². The zero-order chi connectivity index (χ0) is 14.6. The maximum absolute atomic E-state index is 11.7. The summed E-state index contributed by atoms with van der Waals surface area (Å²) < 4.78 is 9.80. The van der Waals surface area contributed by atoms with E-state index < -0.39 is 11.9 Å². The summed E-state index contributed by atoms with van der Waals surface area (Å²) in [6.45, 7) is 5.77. The number of nitrogens with one attached hydrogen (secondary N) is 1. The minimum Gasteiger partial charge on any atom is -0.494 e. The van der Waals surface area contributed by atoms with E-state index in [-0.39, 0.29) is 6.42 Å². The van der Waals surface area contributed by atoms with Crippen LogP contribution >= 0.6 is 0 Å². The van der Waals surface area contributed by atoms with Crippen molar-refractivity contribution in [2.75, 3.05) is 19.5 Å². The van der Waals surface area contributed by atoms with E-state index in [1.54, 1.807) is 7.11 Å². The standard InChI is InChI=1S/C14H19NO4/c1-8-6-9(2)13(14(19-5)10(8)3)15-11(16)7-12(17)18-4/h6H,7H2,1-5H3,(H,15,16). The van der Waals surface area contributed by atoms with Gasteiger partial charge in [0, 0.05) is 0 Å². The van der Waals surface area contributed by atoms with Gasteiger partial charge in [-0.3, -0.25) is 9.59 Å². The van der Waals surface area contributed by atoms with Crippen LogP contribution in [0.3, 0.4) is 0 Å². The van der Waals surface area contributed by atoms with Crippen LogP contribution in [0.5, 0.6) is 5.75 Å². The fraction of sp³-hybridized carbons (Fsp3) is 0.429. The number of methoxy groups -OCH3 is 2. The number of rotatable bonds is 4. The summed E-state index contributed by atoms with van der Waals surface area (Å²) in [5.74, 6) is -0.370. The van der Waals surface area contributed by atoms with Crippen LogP contribution in [0.4, 0.5) is 5.69 Å². The predicted molar refractivity (Wildman–Crippen MR) is 72.5 cm³/mol. The third-order valence-electron chi connectivity index (χ3n) is 2.99. The number of anilines is 1. The molecule has 0 unspecified atom stereocenters. The second-order valence-electron chi connectivity index (χ2n) is 4.34. The van der Waals surface area contributed by atoms with E-state index in [4.69, 9.17) is 4.74 Å². The first kappa shape index (κ1) is 15.0. The summed E-state index contributed by atoms with van der Waals surface area (Å²) in [5.41, 5.74) is 3.53. The van der Waals surface area contributed by atoms with Gasteiger partial charge in [-0.05, 0) is 37.5 Å². The van der Waals surface area contributed by atoms with Gasteiger partial charge in [0.25, 0.3) is 0 Å². The maximum Gasteiger partial charge on any atom is 0.315 e. The van der Waals surface area contributed by atoms with Crippen LogP contribution in [0.1, 0.15) is 23.1 Å². The van der Waals surface area contributed by atoms with Crippen molar-refractivity contribution >= 4 is 17.6 Å². The van der Waals surface area contributed by atoms with Crippen molar-refractivity contribution in [2.45, 2.75) is 27.2 Å². The van der Waals surface area contributed by atoms with Gasteiger partial charge in [0.05, 0.1) is 19.9 Å². The highest BCUT2D eigenvalue weighted by Gasteiger charge is 2.16. The molecule has 5 nitrogen and oxygen atoms in total. The molecule has 0 bridgehead atoms. The summed E-state index contributed by atoms with van der Waals surface area (Å²) in [4.78, 5) is 22.8. The lowest BCUT2D eigenvalue weighted by Crippen LogP contribution is -2.18. The summed E-state index contributed by atoms with van der Waals surface area (Å²) in [6.07, 6.45) is -0.313. The van der Waals surface area contributed by atoms with Gasteiger partial charge >= 0.3 is 5.97 Å². The highest BCUT2D eigenvalue weighted by atomic mass is 16.5. The Balaban J connectivity index is 3.04. The van der Waals surface area contributed by atoms with Crippen molar-refractivity contribution in [3.05, 3.63) is 22.8 Å². The molecule has 104 valence electrons. The van der Waals surface area contributed by atoms with E-state index >= 15 is 0 Å². The molecular weight excluding hydrogens is 246 g/mol. The monoisotopic (exact) mass is 265 g/mol. The van der Waals surface area contributed by atoms with Gasteiger partial charge in [0.1, 0.15) is 12.2 Å². The Labute approximate surface area is 112 Å². The molecule has 1 aromatic carbocycles. The van der Waals surface area contributed by atoms with Crippen molar-refractivity contribution in [2.24, 2.45) is 0 Å². The van der Waals surface area contributed by atoms with Crippen LogP contribution in [-0.4, -0.2) is 26.1 Å². The van der Waals surface area contributed by atoms with Crippen LogP contribution in [0.2, 0.25) is 0 Å². The Bertz CT molecular complexity index is 509. The van der Waals surface area contributed by atoms with E-state index in [2.05, 4.69) is 10.1 Å². The molecule has 1 rings (SSSR count). The molecule has 5 heteroatoms. The number of hydrogen-bond donors (Lipinski definition) is 1. The topological polar surface area (TPSA) is 64.6 Å². The number of aryl methyl sites for hydroxylation is 2. The molecule has 0 spiro atoms. The molecule has 0 radical (unpaired) electrons. The zero-order valence-corrected chi connectivity index (χ0v) is 11.9. The average Bonchev–Trinajstić information content (AvgIpc) is 2.36. The van der Waals surface area contributed by atoms with Crippen LogP contribution in [0.15, 0.2) is 6.07 Å². The van der Waals surface area contributed by atoms with Crippen LogP contribution in [-0.2, 0) is 14.3 Å². The lowest BCUT2D eigenvalue weighted by Gasteiger charge is -2.17. The van der Waals surface area contributed by atoms with E-state index in [1.807, 2.05) is 26.8 Å². The molecule has 19 heavy (non-hydrogen) atoms. The van der Waals surface area contributed by atoms with Gasteiger partial charge in [0.15, 0.2) is 0 Å². The SMILES string of the molecule is COC(=O)CC(=O)Nc1c(C)cc(C)c(C)c1OC. The van der Waals surface area contributed by atoms with E-state index in [0.29, 0.717) is 11.4 Å². The van der Waals surface area contributed by atoms with E-state index in [0.717, 1.165) is 16.7 Å². The molecule has 0 fully saturated rings. The molecule has 1 aromatic rings. The molecule has 0 aliphatic carbocycles. The van der Waals surface area contributed by atoms with Gasteiger partial charge in [-0.15, -0.1) is 0 Å². The van der Waals surface area contributed by atoms with Crippen LogP contribution < -0.4 is 10.1 Å². The fourth-order valence-electron chi connectivity index (χ4n) is 1.85. The van der Waals surface area contributed by atoms with Gasteiger partial charge in [-0.1, -0.05) is 6.07 Å². The molecule has 1 N–H and O–H groups in total. The maximum atomic E-state index is 11.7. The molecule has 0 aromatic heterocycles. The van der Waals surface area contributed by atoms with E-state index in [1.165, 1.54) is 7.11 Å². The molecule has 1 amide bonds. The smallest absolute Gasteiger partial charge is 0.315 e.